The molecular formula is C12H11N3O2. The molecule has 3 N–H and O–H groups in total. The molecule has 5 heteroatoms. The molecule has 0 fully saturated rings. The number of nitrogens with one attached hydrogen (secondary N) is 1. The lowest BCUT2D eigenvalue weighted by Crippen LogP contribution is -1.85. The number of phenols is 2. The number of aromatic hydroxyl groups is 2. The second-order valence-corrected chi connectivity index (χ2v) is 3.38. The number of hydrogen-bond acceptors (Lipinski definition) is 4. The largest absolute Gasteiger partial charge is 0.508 e. The Balaban J connectivity index is 2.03. The van der Waals surface area contributed by atoms with Crippen LogP contribution in [0.15, 0.2) is 58.9 Å². The molecule has 0 unspecified atom stereocenters. The molecule has 86 valence electrons. The van der Waals surface area contributed by atoms with Gasteiger partial charge in [-0.15, -0.1) is 5.11 Å². The van der Waals surface area contributed by atoms with Gasteiger partial charge in [0.15, 0.2) is 0 Å². The quantitative estimate of drug-likeness (QED) is 0.558. The van der Waals surface area contributed by atoms with E-state index in [1.54, 1.807) is 36.4 Å². The molecule has 2 aromatic rings. The van der Waals surface area contributed by atoms with Gasteiger partial charge < -0.3 is 10.2 Å². The normalized spacial score (nSPS) is 10.6. The van der Waals surface area contributed by atoms with Gasteiger partial charge >= 0.3 is 0 Å². The average molecular weight is 229 g/mol. The predicted octanol–water partition coefficient (Wildman–Crippen LogP) is 3.21. The molecule has 0 aliphatic heterocycles. The van der Waals surface area contributed by atoms with Gasteiger partial charge in [0.25, 0.3) is 0 Å². The van der Waals surface area contributed by atoms with Gasteiger partial charge in [-0.25, -0.2) is 0 Å². The minimum Gasteiger partial charge on any atom is -0.508 e. The molecule has 0 saturated carbocycles. The summed E-state index contributed by atoms with van der Waals surface area (Å²) in [6.45, 7) is 0. The lowest BCUT2D eigenvalue weighted by atomic mass is 10.3. The molecule has 0 bridgehead atoms. The van der Waals surface area contributed by atoms with Crippen LogP contribution in [0.25, 0.3) is 0 Å². The van der Waals surface area contributed by atoms with Crippen LogP contribution in [-0.4, -0.2) is 10.2 Å². The van der Waals surface area contributed by atoms with Crippen molar-refractivity contribution in [2.45, 2.75) is 0 Å². The monoisotopic (exact) mass is 229 g/mol. The molecule has 0 spiro atoms. The molecule has 2 rings (SSSR count). The first-order chi connectivity index (χ1) is 8.24. The Morgan fingerprint density at radius 2 is 1.59 bits per heavy atom. The van der Waals surface area contributed by atoms with Gasteiger partial charge in [0, 0.05) is 12.1 Å². The van der Waals surface area contributed by atoms with Crippen LogP contribution in [0.2, 0.25) is 0 Å². The molecule has 0 amide bonds. The Morgan fingerprint density at radius 1 is 0.882 bits per heavy atom. The highest BCUT2D eigenvalue weighted by molar-refractivity contribution is 5.47. The zero-order valence-electron chi connectivity index (χ0n) is 8.91. The minimum atomic E-state index is 0.138. The van der Waals surface area contributed by atoms with Gasteiger partial charge in [-0.2, -0.15) is 0 Å². The van der Waals surface area contributed by atoms with E-state index in [0.29, 0.717) is 11.4 Å². The smallest absolute Gasteiger partial charge is 0.117 e. The summed E-state index contributed by atoms with van der Waals surface area (Å²) in [7, 11) is 0. The SMILES string of the molecule is Oc1cccc(N=NNc2cccc(O)c2)c1. The lowest BCUT2D eigenvalue weighted by molar-refractivity contribution is 0.475. The van der Waals surface area contributed by atoms with Crippen molar-refractivity contribution in [2.75, 3.05) is 5.43 Å². The van der Waals surface area contributed by atoms with Crippen LogP contribution in [0.5, 0.6) is 11.5 Å². The molecule has 5 nitrogen and oxygen atoms in total. The van der Waals surface area contributed by atoms with E-state index in [0.717, 1.165) is 0 Å². The summed E-state index contributed by atoms with van der Waals surface area (Å²) in [6, 6.07) is 13.0. The van der Waals surface area contributed by atoms with E-state index < -0.39 is 0 Å². The van der Waals surface area contributed by atoms with Gasteiger partial charge in [0.1, 0.15) is 11.5 Å². The fourth-order valence-corrected chi connectivity index (χ4v) is 1.27. The molecule has 0 aliphatic rings. The summed E-state index contributed by atoms with van der Waals surface area (Å²) < 4.78 is 0. The average Bonchev–Trinajstić information content (AvgIpc) is 2.29. The van der Waals surface area contributed by atoms with Crippen molar-refractivity contribution < 1.29 is 10.2 Å². The first-order valence-corrected chi connectivity index (χ1v) is 4.99. The fraction of sp³-hybridized carbons (Fsp3) is 0. The molecule has 17 heavy (non-hydrogen) atoms. The van der Waals surface area contributed by atoms with E-state index in [2.05, 4.69) is 15.8 Å². The van der Waals surface area contributed by atoms with Crippen molar-refractivity contribution >= 4 is 11.4 Å². The zero-order chi connectivity index (χ0) is 12.1. The molecule has 0 saturated heterocycles. The van der Waals surface area contributed by atoms with Gasteiger partial charge in [-0.05, 0) is 24.3 Å². The second kappa shape index (κ2) is 4.98. The maximum absolute atomic E-state index is 9.22. The Hall–Kier alpha value is -2.56. The van der Waals surface area contributed by atoms with E-state index in [9.17, 15) is 10.2 Å². The molecule has 0 radical (unpaired) electrons. The van der Waals surface area contributed by atoms with Crippen molar-refractivity contribution in [3.63, 3.8) is 0 Å². The third-order valence-electron chi connectivity index (χ3n) is 2.02. The lowest BCUT2D eigenvalue weighted by Gasteiger charge is -1.99. The third-order valence-corrected chi connectivity index (χ3v) is 2.02. The standard InChI is InChI=1S/C12H11N3O2/c16-11-5-1-3-9(7-11)13-15-14-10-4-2-6-12(17)8-10/h1-8,16-17H,(H,13,14). The first kappa shape index (κ1) is 10.9. The maximum atomic E-state index is 9.22. The summed E-state index contributed by atoms with van der Waals surface area (Å²) in [6.07, 6.45) is 0. The topological polar surface area (TPSA) is 77.2 Å². The molecule has 0 heterocycles. The van der Waals surface area contributed by atoms with E-state index in [-0.39, 0.29) is 11.5 Å². The molecule has 2 aromatic carbocycles. The number of phenolic OH excluding ortho intramolecular Hbond substituents is 2. The van der Waals surface area contributed by atoms with Crippen molar-refractivity contribution in [3.8, 4) is 11.5 Å². The van der Waals surface area contributed by atoms with Gasteiger partial charge in [0.2, 0.25) is 0 Å². The van der Waals surface area contributed by atoms with E-state index in [4.69, 9.17) is 0 Å². The molecular weight excluding hydrogens is 218 g/mol. The Labute approximate surface area is 98.0 Å². The Kier molecular flexibility index (Phi) is 3.20. The number of hydrogen-bond donors (Lipinski definition) is 3. The molecule has 0 aromatic heterocycles. The van der Waals surface area contributed by atoms with Crippen molar-refractivity contribution in [3.05, 3.63) is 48.5 Å². The van der Waals surface area contributed by atoms with Crippen molar-refractivity contribution in [2.24, 2.45) is 10.3 Å². The van der Waals surface area contributed by atoms with Crippen LogP contribution in [0, 0.1) is 0 Å². The van der Waals surface area contributed by atoms with Crippen LogP contribution in [-0.2, 0) is 0 Å². The van der Waals surface area contributed by atoms with Crippen LogP contribution >= 0.6 is 0 Å². The maximum Gasteiger partial charge on any atom is 0.117 e. The summed E-state index contributed by atoms with van der Waals surface area (Å²) in [5.41, 5.74) is 3.84. The summed E-state index contributed by atoms with van der Waals surface area (Å²) in [5.74, 6) is 0.293. The minimum absolute atomic E-state index is 0.138. The molecule has 0 atom stereocenters. The van der Waals surface area contributed by atoms with Crippen molar-refractivity contribution in [1.82, 2.24) is 0 Å². The van der Waals surface area contributed by atoms with Crippen LogP contribution in [0.1, 0.15) is 0 Å². The van der Waals surface area contributed by atoms with Crippen LogP contribution in [0.3, 0.4) is 0 Å². The van der Waals surface area contributed by atoms with Crippen LogP contribution < -0.4 is 5.43 Å². The van der Waals surface area contributed by atoms with E-state index >= 15 is 0 Å². The van der Waals surface area contributed by atoms with Crippen molar-refractivity contribution in [1.29, 1.82) is 0 Å². The number of nitrogens with zero attached hydrogens (tertiary/aromatic N) is 2. The summed E-state index contributed by atoms with van der Waals surface area (Å²) >= 11 is 0. The van der Waals surface area contributed by atoms with E-state index in [1.807, 2.05) is 0 Å². The predicted molar refractivity (Wildman–Crippen MR) is 64.4 cm³/mol. The second-order valence-electron chi connectivity index (χ2n) is 3.38. The van der Waals surface area contributed by atoms with Crippen LogP contribution in [0.4, 0.5) is 11.4 Å². The van der Waals surface area contributed by atoms with E-state index in [1.165, 1.54) is 12.1 Å². The highest BCUT2D eigenvalue weighted by atomic mass is 16.3. The highest BCUT2D eigenvalue weighted by Gasteiger charge is 1.93. The third kappa shape index (κ3) is 3.20. The van der Waals surface area contributed by atoms with Gasteiger partial charge in [0.05, 0.1) is 11.4 Å². The summed E-state index contributed by atoms with van der Waals surface area (Å²) in [5, 5.41) is 26.0. The molecule has 0 aliphatic carbocycles. The zero-order valence-corrected chi connectivity index (χ0v) is 8.91. The fourth-order valence-electron chi connectivity index (χ4n) is 1.27. The summed E-state index contributed by atoms with van der Waals surface area (Å²) in [4.78, 5) is 0. The Morgan fingerprint density at radius 3 is 2.29 bits per heavy atom. The van der Waals surface area contributed by atoms with Gasteiger partial charge in [-0.3, -0.25) is 5.43 Å². The highest BCUT2D eigenvalue weighted by Crippen LogP contribution is 2.19. The number of rotatable bonds is 3. The number of benzene rings is 2. The number of anilines is 1. The first-order valence-electron chi connectivity index (χ1n) is 4.99. The Bertz CT molecular complexity index is 541. The van der Waals surface area contributed by atoms with Gasteiger partial charge in [-0.1, -0.05) is 17.4 Å².